The molecule has 4 heterocycles. The maximum atomic E-state index is 12.0. The molecule has 1 aliphatic carbocycles. The van der Waals surface area contributed by atoms with Crippen LogP contribution in [0.4, 0.5) is 5.82 Å². The molecule has 2 fully saturated rings. The third-order valence-electron chi connectivity index (χ3n) is 5.68. The molecule has 1 saturated carbocycles. The first-order chi connectivity index (χ1) is 14.2. The summed E-state index contributed by atoms with van der Waals surface area (Å²) < 4.78 is 9.90. The number of rotatable bonds is 7. The van der Waals surface area contributed by atoms with E-state index in [4.69, 9.17) is 4.74 Å². The van der Waals surface area contributed by atoms with Crippen LogP contribution >= 0.6 is 0 Å². The summed E-state index contributed by atoms with van der Waals surface area (Å²) in [5.41, 5.74) is 2.92. The van der Waals surface area contributed by atoms with Crippen molar-refractivity contribution in [2.45, 2.75) is 32.7 Å². The number of ether oxygens (including phenoxy) is 1. The number of pyridine rings is 1. The first-order valence-electron chi connectivity index (χ1n) is 10.4. The molecule has 0 spiro atoms. The summed E-state index contributed by atoms with van der Waals surface area (Å²) in [5, 5.41) is 15.3. The van der Waals surface area contributed by atoms with Crippen LogP contribution in [-0.2, 0) is 11.3 Å². The molecule has 0 bridgehead atoms. The number of nitrogens with zero attached hydrogens (tertiary/aromatic N) is 4. The van der Waals surface area contributed by atoms with Gasteiger partial charge < -0.3 is 15.4 Å². The van der Waals surface area contributed by atoms with Crippen LogP contribution in [-0.4, -0.2) is 45.0 Å². The molecule has 1 atom stereocenters. The van der Waals surface area contributed by atoms with Gasteiger partial charge in [-0.1, -0.05) is 0 Å². The third-order valence-corrected chi connectivity index (χ3v) is 5.68. The van der Waals surface area contributed by atoms with E-state index < -0.39 is 0 Å². The number of amides is 1. The average molecular weight is 394 g/mol. The number of anilines is 1. The van der Waals surface area contributed by atoms with Crippen LogP contribution in [0.3, 0.4) is 0 Å². The van der Waals surface area contributed by atoms with E-state index in [2.05, 4.69) is 33.8 Å². The summed E-state index contributed by atoms with van der Waals surface area (Å²) in [6, 6.07) is 5.98. The zero-order chi connectivity index (χ0) is 19.8. The van der Waals surface area contributed by atoms with Gasteiger partial charge in [-0.15, -0.1) is 0 Å². The highest BCUT2D eigenvalue weighted by molar-refractivity contribution is 5.93. The van der Waals surface area contributed by atoms with Gasteiger partial charge >= 0.3 is 0 Å². The number of nitrogens with one attached hydrogen (secondary N) is 2. The van der Waals surface area contributed by atoms with Gasteiger partial charge in [0.2, 0.25) is 5.91 Å². The van der Waals surface area contributed by atoms with E-state index in [1.54, 1.807) is 4.52 Å². The van der Waals surface area contributed by atoms with Crippen LogP contribution in [0.2, 0.25) is 0 Å². The predicted molar refractivity (Wildman–Crippen MR) is 110 cm³/mol. The Morgan fingerprint density at radius 2 is 2.24 bits per heavy atom. The van der Waals surface area contributed by atoms with Crippen molar-refractivity contribution in [3.8, 4) is 17.0 Å². The monoisotopic (exact) mass is 394 g/mol. The Morgan fingerprint density at radius 1 is 1.34 bits per heavy atom. The fourth-order valence-electron chi connectivity index (χ4n) is 3.85. The number of aryl methyl sites for hydroxylation is 1. The van der Waals surface area contributed by atoms with E-state index in [9.17, 15) is 4.79 Å². The van der Waals surface area contributed by atoms with Crippen LogP contribution in [0, 0.1) is 11.8 Å². The topological polar surface area (TPSA) is 85.5 Å². The van der Waals surface area contributed by atoms with Crippen molar-refractivity contribution in [3.05, 3.63) is 30.6 Å². The second kappa shape index (κ2) is 7.51. The molecule has 1 amide bonds. The second-order valence-electron chi connectivity index (χ2n) is 7.92. The molecule has 2 N–H and O–H groups in total. The van der Waals surface area contributed by atoms with Gasteiger partial charge in [0.25, 0.3) is 0 Å². The number of aromatic nitrogens is 4. The van der Waals surface area contributed by atoms with Crippen LogP contribution in [0.5, 0.6) is 5.75 Å². The SMILES string of the molecule is CCn1ncc(OC[C@@H]2CCNC2)c1-c1ccn2nc(NC(=O)C3CC3)cc2c1. The molecule has 29 heavy (non-hydrogen) atoms. The minimum absolute atomic E-state index is 0.0646. The Kier molecular flexibility index (Phi) is 4.71. The zero-order valence-corrected chi connectivity index (χ0v) is 16.6. The summed E-state index contributed by atoms with van der Waals surface area (Å²) in [4.78, 5) is 12.0. The molecule has 3 aromatic heterocycles. The number of hydrogen-bond donors (Lipinski definition) is 2. The van der Waals surface area contributed by atoms with Crippen molar-refractivity contribution < 1.29 is 9.53 Å². The summed E-state index contributed by atoms with van der Waals surface area (Å²) in [6.07, 6.45) is 6.82. The zero-order valence-electron chi connectivity index (χ0n) is 16.6. The van der Waals surface area contributed by atoms with Crippen LogP contribution in [0.15, 0.2) is 30.6 Å². The predicted octanol–water partition coefficient (Wildman–Crippen LogP) is 2.55. The largest absolute Gasteiger partial charge is 0.489 e. The lowest BCUT2D eigenvalue weighted by Gasteiger charge is -2.12. The van der Waals surface area contributed by atoms with Gasteiger partial charge in [-0.05, 0) is 44.9 Å². The Labute approximate surface area is 169 Å². The van der Waals surface area contributed by atoms with Crippen molar-refractivity contribution in [2.75, 3.05) is 25.0 Å². The third kappa shape index (κ3) is 3.72. The maximum Gasteiger partial charge on any atom is 0.228 e. The second-order valence-corrected chi connectivity index (χ2v) is 7.92. The van der Waals surface area contributed by atoms with Crippen molar-refractivity contribution in [3.63, 3.8) is 0 Å². The van der Waals surface area contributed by atoms with Gasteiger partial charge in [-0.25, -0.2) is 4.52 Å². The van der Waals surface area contributed by atoms with Gasteiger partial charge in [0.05, 0.1) is 18.3 Å². The van der Waals surface area contributed by atoms with Gasteiger partial charge in [-0.2, -0.15) is 10.2 Å². The highest BCUT2D eigenvalue weighted by Crippen LogP contribution is 2.32. The molecular formula is C21H26N6O2. The molecule has 0 aromatic carbocycles. The lowest BCUT2D eigenvalue weighted by atomic mass is 10.1. The molecule has 0 radical (unpaired) electrons. The van der Waals surface area contributed by atoms with Crippen LogP contribution in [0.25, 0.3) is 16.8 Å². The van der Waals surface area contributed by atoms with Crippen LogP contribution in [0.1, 0.15) is 26.2 Å². The Morgan fingerprint density at radius 3 is 3.00 bits per heavy atom. The molecule has 1 saturated heterocycles. The van der Waals surface area contributed by atoms with Crippen molar-refractivity contribution in [1.29, 1.82) is 0 Å². The van der Waals surface area contributed by atoms with E-state index in [1.807, 2.05) is 29.2 Å². The molecule has 2 aliphatic rings. The van der Waals surface area contributed by atoms with E-state index in [-0.39, 0.29) is 11.8 Å². The molecule has 8 nitrogen and oxygen atoms in total. The number of carbonyl (C=O) groups is 1. The van der Waals surface area contributed by atoms with E-state index in [1.165, 1.54) is 0 Å². The molecule has 5 rings (SSSR count). The molecule has 3 aromatic rings. The minimum Gasteiger partial charge on any atom is -0.489 e. The first kappa shape index (κ1) is 18.2. The summed E-state index contributed by atoms with van der Waals surface area (Å²) in [6.45, 7) is 5.60. The van der Waals surface area contributed by atoms with Crippen molar-refractivity contribution >= 4 is 17.2 Å². The fraction of sp³-hybridized carbons (Fsp3) is 0.476. The number of fused-ring (bicyclic) bond motifs is 1. The molecule has 1 aliphatic heterocycles. The van der Waals surface area contributed by atoms with Crippen LogP contribution < -0.4 is 15.4 Å². The fourth-order valence-corrected chi connectivity index (χ4v) is 3.85. The summed E-state index contributed by atoms with van der Waals surface area (Å²) in [7, 11) is 0. The molecular weight excluding hydrogens is 368 g/mol. The highest BCUT2D eigenvalue weighted by Gasteiger charge is 2.30. The highest BCUT2D eigenvalue weighted by atomic mass is 16.5. The Bertz CT molecular complexity index is 1030. The normalized spacial score (nSPS) is 19.0. The van der Waals surface area contributed by atoms with Crippen molar-refractivity contribution in [2.24, 2.45) is 11.8 Å². The van der Waals surface area contributed by atoms with Crippen molar-refractivity contribution in [1.82, 2.24) is 24.7 Å². The van der Waals surface area contributed by atoms with E-state index in [0.29, 0.717) is 18.3 Å². The van der Waals surface area contributed by atoms with Gasteiger partial charge in [0, 0.05) is 42.8 Å². The average Bonchev–Trinajstić information content (AvgIpc) is 3.13. The first-order valence-corrected chi connectivity index (χ1v) is 10.4. The quantitative estimate of drug-likeness (QED) is 0.643. The summed E-state index contributed by atoms with van der Waals surface area (Å²) >= 11 is 0. The number of hydrogen-bond acceptors (Lipinski definition) is 5. The molecule has 0 unspecified atom stereocenters. The van der Waals surface area contributed by atoms with E-state index in [0.717, 1.165) is 61.4 Å². The maximum absolute atomic E-state index is 12.0. The molecule has 8 heteroatoms. The standard InChI is InChI=1S/C21H26N6O2/c1-2-26-20(18(12-23-26)29-13-14-5-7-22-11-14)16-6-8-27-17(9-16)10-19(25-27)24-21(28)15-3-4-15/h6,8-10,12,14-15,22H,2-5,7,11,13H2,1H3,(H,24,25,28)/t14-/m1/s1. The lowest BCUT2D eigenvalue weighted by Crippen LogP contribution is -2.15. The van der Waals surface area contributed by atoms with E-state index >= 15 is 0 Å². The number of carbonyl (C=O) groups excluding carboxylic acids is 1. The van der Waals surface area contributed by atoms with Gasteiger partial charge in [0.1, 0.15) is 5.69 Å². The lowest BCUT2D eigenvalue weighted by molar-refractivity contribution is -0.117. The Balaban J connectivity index is 1.41. The summed E-state index contributed by atoms with van der Waals surface area (Å²) in [5.74, 6) is 2.17. The molecule has 152 valence electrons. The minimum atomic E-state index is 0.0646. The smallest absolute Gasteiger partial charge is 0.228 e. The Hall–Kier alpha value is -2.87. The van der Waals surface area contributed by atoms with Gasteiger partial charge in [0.15, 0.2) is 11.6 Å². The van der Waals surface area contributed by atoms with Gasteiger partial charge in [-0.3, -0.25) is 9.48 Å².